The average molecular weight is 1520 g/mol. The Labute approximate surface area is 621 Å². The average Bonchev–Trinajstić information content (AvgIpc) is 1.30. The van der Waals surface area contributed by atoms with Crippen LogP contribution in [0.15, 0.2) is 212 Å². The molecule has 21 nitrogen and oxygen atoms in total. The summed E-state index contributed by atoms with van der Waals surface area (Å²) in [6.45, 7) is 13.6. The zero-order valence-corrected chi connectivity index (χ0v) is 59.7. The summed E-state index contributed by atoms with van der Waals surface area (Å²) in [5.41, 5.74) is 36.8. The SMILES string of the molecule is C.C.CC(=O)c1ccc(F)cc1.CN(C)C=CC(=O)c1ccc(F)cc1.Cc1ncnc2ccc(-c3cnc(N)nc3-c3ccc(F)cc3)cc12.Cc1ncnc2ccc(B3OC(C)(C)C(C)(C)O3)cc12.Cl.N=C(N)N.Nc1ncc(Br)c(-c2ccc(F)cc2)n1.Nc1nccc(-c2ccc(F)cc2)n1. The summed E-state index contributed by atoms with van der Waals surface area (Å²) in [4.78, 5) is 65.0. The van der Waals surface area contributed by atoms with Gasteiger partial charge in [0.1, 0.15) is 41.7 Å². The van der Waals surface area contributed by atoms with Crippen molar-refractivity contribution in [3.63, 3.8) is 0 Å². The molecule has 0 unspecified atom stereocenters. The van der Waals surface area contributed by atoms with Crippen LogP contribution in [-0.2, 0) is 9.31 Å². The van der Waals surface area contributed by atoms with Crippen LogP contribution in [-0.4, -0.2) is 105 Å². The summed E-state index contributed by atoms with van der Waals surface area (Å²) in [5.74, 6) is -1.42. The number of guanidine groups is 1. The first kappa shape index (κ1) is 85.8. The molecular formula is C76H81BBrClF5N17O4. The summed E-state index contributed by atoms with van der Waals surface area (Å²) in [6.07, 6.45) is 11.1. The quantitative estimate of drug-likeness (QED) is 0.0195. The fraction of sp³-hybridized carbons (Fsp3) is 0.171. The molecular weight excluding hydrogens is 1440 g/mol. The minimum atomic E-state index is -0.344. The van der Waals surface area contributed by atoms with Crippen LogP contribution >= 0.6 is 28.3 Å². The van der Waals surface area contributed by atoms with Crippen molar-refractivity contribution < 1.29 is 40.8 Å². The molecule has 5 aromatic heterocycles. The van der Waals surface area contributed by atoms with Crippen molar-refractivity contribution in [3.05, 3.63) is 263 Å². The number of rotatable bonds is 9. The van der Waals surface area contributed by atoms with Gasteiger partial charge in [-0.2, -0.15) is 0 Å². The van der Waals surface area contributed by atoms with Gasteiger partial charge in [-0.25, -0.2) is 71.8 Å². The predicted molar refractivity (Wildman–Crippen MR) is 413 cm³/mol. The smallest absolute Gasteiger partial charge is 0.399 e. The fourth-order valence-corrected chi connectivity index (χ4v) is 9.49. The number of aryl methyl sites for hydroxylation is 2. The summed E-state index contributed by atoms with van der Waals surface area (Å²) in [7, 11) is 3.31. The maximum Gasteiger partial charge on any atom is 0.494 e. The molecule has 1 aliphatic heterocycles. The number of ketones is 2. The van der Waals surface area contributed by atoms with E-state index < -0.39 is 0 Å². The van der Waals surface area contributed by atoms with Gasteiger partial charge < -0.3 is 42.9 Å². The van der Waals surface area contributed by atoms with Crippen molar-refractivity contribution in [2.24, 2.45) is 11.5 Å². The molecule has 105 heavy (non-hydrogen) atoms. The number of nitrogen functional groups attached to an aromatic ring is 3. The van der Waals surface area contributed by atoms with Gasteiger partial charge in [0.2, 0.25) is 17.8 Å². The first-order valence-corrected chi connectivity index (χ1v) is 31.7. The highest BCUT2D eigenvalue weighted by Crippen LogP contribution is 2.37. The topological polar surface area (TPSA) is 339 Å². The lowest BCUT2D eigenvalue weighted by molar-refractivity contribution is 0.00578. The normalized spacial score (nSPS) is 11.9. The number of allylic oxidation sites excluding steroid dienone is 1. The van der Waals surface area contributed by atoms with Gasteiger partial charge in [-0.1, -0.05) is 33.1 Å². The number of nitrogens with zero attached hydrogens (tertiary/aromatic N) is 11. The van der Waals surface area contributed by atoms with Crippen molar-refractivity contribution in [3.8, 4) is 44.9 Å². The maximum atomic E-state index is 13.3. The highest BCUT2D eigenvalue weighted by molar-refractivity contribution is 9.10. The van der Waals surface area contributed by atoms with Crippen LogP contribution in [0.3, 0.4) is 0 Å². The van der Waals surface area contributed by atoms with E-state index in [1.54, 1.807) is 84.8 Å². The van der Waals surface area contributed by atoms with Gasteiger partial charge in [-0.3, -0.25) is 15.0 Å². The van der Waals surface area contributed by atoms with E-state index in [0.717, 1.165) is 70.9 Å². The number of anilines is 3. The van der Waals surface area contributed by atoms with Crippen molar-refractivity contribution in [2.75, 3.05) is 31.3 Å². The molecule has 0 aliphatic carbocycles. The van der Waals surface area contributed by atoms with Crippen molar-refractivity contribution in [1.82, 2.24) is 54.7 Å². The van der Waals surface area contributed by atoms with Crippen LogP contribution < -0.4 is 34.1 Å². The Balaban J connectivity index is 0.000000268. The number of halogens is 7. The minimum absolute atomic E-state index is 0. The molecule has 0 radical (unpaired) electrons. The summed E-state index contributed by atoms with van der Waals surface area (Å²) in [6, 6.07) is 42.9. The summed E-state index contributed by atoms with van der Waals surface area (Å²) in [5, 5.41) is 8.06. The second-order valence-electron chi connectivity index (χ2n) is 23.4. The lowest BCUT2D eigenvalue weighted by Gasteiger charge is -2.32. The Kier molecular flexibility index (Phi) is 32.5. The molecule has 1 saturated heterocycles. The van der Waals surface area contributed by atoms with Crippen LogP contribution in [0.25, 0.3) is 66.7 Å². The molecule has 6 heterocycles. The molecule has 0 saturated carbocycles. The molecule has 0 atom stereocenters. The molecule has 11 N–H and O–H groups in total. The highest BCUT2D eigenvalue weighted by atomic mass is 79.9. The number of carbonyl (C=O) groups is 2. The molecule has 1 aliphatic rings. The molecule has 7 aromatic carbocycles. The van der Waals surface area contributed by atoms with E-state index in [4.69, 9.17) is 31.9 Å². The van der Waals surface area contributed by atoms with Crippen LogP contribution in [0.5, 0.6) is 0 Å². The van der Waals surface area contributed by atoms with Gasteiger partial charge in [-0.15, -0.1) is 12.4 Å². The van der Waals surface area contributed by atoms with Crippen LogP contribution in [0.4, 0.5) is 39.8 Å². The Morgan fingerprint density at radius 3 is 1.39 bits per heavy atom. The Morgan fingerprint density at radius 2 is 0.924 bits per heavy atom. The zero-order valence-electron chi connectivity index (χ0n) is 57.3. The van der Waals surface area contributed by atoms with E-state index in [9.17, 15) is 31.5 Å². The largest absolute Gasteiger partial charge is 0.494 e. The first-order chi connectivity index (χ1) is 48.4. The van der Waals surface area contributed by atoms with E-state index in [1.165, 1.54) is 97.9 Å². The Morgan fingerprint density at radius 1 is 0.524 bits per heavy atom. The minimum Gasteiger partial charge on any atom is -0.399 e. The van der Waals surface area contributed by atoms with Crippen LogP contribution in [0, 0.1) is 48.3 Å². The third kappa shape index (κ3) is 25.4. The number of nitrogens with one attached hydrogen (secondary N) is 1. The number of hydrogen-bond donors (Lipinski definition) is 6. The predicted octanol–water partition coefficient (Wildman–Crippen LogP) is 15.2. The molecule has 0 spiro atoms. The van der Waals surface area contributed by atoms with Crippen LogP contribution in [0.1, 0.15) is 81.6 Å². The number of nitrogens with two attached hydrogens (primary N) is 5. The van der Waals surface area contributed by atoms with Gasteiger partial charge in [0.05, 0.1) is 43.8 Å². The van der Waals surface area contributed by atoms with E-state index in [0.29, 0.717) is 28.2 Å². The molecule has 13 rings (SSSR count). The van der Waals surface area contributed by atoms with E-state index in [2.05, 4.69) is 111 Å². The number of aromatic nitrogens is 10. The Bertz CT molecular complexity index is 4870. The number of hydrogen-bond acceptors (Lipinski definition) is 19. The monoisotopic (exact) mass is 1520 g/mol. The molecule has 546 valence electrons. The van der Waals surface area contributed by atoms with Gasteiger partial charge in [0.25, 0.3) is 0 Å². The lowest BCUT2D eigenvalue weighted by atomic mass is 9.78. The second-order valence-corrected chi connectivity index (χ2v) is 24.3. The number of carbonyl (C=O) groups excluding carboxylic acids is 2. The molecule has 1 fully saturated rings. The van der Waals surface area contributed by atoms with Crippen LogP contribution in [0.2, 0.25) is 0 Å². The number of benzene rings is 7. The van der Waals surface area contributed by atoms with Crippen molar-refractivity contribution in [2.45, 2.75) is 74.5 Å². The Hall–Kier alpha value is -11.6. The lowest BCUT2D eigenvalue weighted by Crippen LogP contribution is -2.41. The first-order valence-electron chi connectivity index (χ1n) is 30.9. The molecule has 12 aromatic rings. The maximum absolute atomic E-state index is 13.3. The van der Waals surface area contributed by atoms with Crippen molar-refractivity contribution in [1.29, 1.82) is 5.41 Å². The fourth-order valence-electron chi connectivity index (χ4n) is 9.07. The number of fused-ring (bicyclic) bond motifs is 2. The summed E-state index contributed by atoms with van der Waals surface area (Å²) >= 11 is 3.31. The van der Waals surface area contributed by atoms with Gasteiger partial charge in [0, 0.05) is 101 Å². The molecule has 29 heteroatoms. The van der Waals surface area contributed by atoms with E-state index in [1.807, 2.05) is 58.3 Å². The van der Waals surface area contributed by atoms with Gasteiger partial charge >= 0.3 is 7.12 Å². The third-order valence-electron chi connectivity index (χ3n) is 15.1. The van der Waals surface area contributed by atoms with Gasteiger partial charge in [0.15, 0.2) is 17.5 Å². The molecule has 0 bridgehead atoms. The third-order valence-corrected chi connectivity index (χ3v) is 15.6. The van der Waals surface area contributed by atoms with Crippen molar-refractivity contribution >= 4 is 98.1 Å². The van der Waals surface area contributed by atoms with E-state index >= 15 is 0 Å². The zero-order chi connectivity index (χ0) is 74.4. The molecule has 0 amide bonds. The summed E-state index contributed by atoms with van der Waals surface area (Å²) < 4.78 is 76.2. The number of Topliss-reactive ketones (excluding diaryl/α,β-unsaturated/α-hetero) is 1. The highest BCUT2D eigenvalue weighted by Gasteiger charge is 2.51. The standard InChI is InChI=1S/C19H14FN5.C15H19BN2O2.C11H12FNO.C10H7BrFN3.C10H8FN3.C8H7FO.CH5N3.2CH4.ClH/c1-11-15-8-13(4-7-17(15)24-10-23-11)16-9-22-19(21)25-18(16)12-2-5-14(20)6-3-12;1-10-12-8-11(6-7-13(12)18-9-17-10)16-19-14(2,3)15(4,5)20-16;1-13(2)8-7-11(14)9-3-5-10(12)6-4-9;11-8-5-14-10(13)15-9(8)6-1-3-7(12)4-2-6;11-8-3-1-7(2-4-8)9-5-6-13-10(12)14-9;1-6(10)7-2-4-8(9)5-3-7;2-1(3)4;;;/h2-10H,1H3,(H2,21,22,25);6-9H,1-5H3;3-8H,1-2H3;1-5H,(H2,13,14,15);1-6H,(H2,12,13,14);2-5H,1H3;(H5,2,3,4);2*1H4;1H. The second kappa shape index (κ2) is 39.7. The van der Waals surface area contributed by atoms with E-state index in [-0.39, 0.29) is 110 Å². The van der Waals surface area contributed by atoms with Gasteiger partial charge in [-0.05, 0) is 221 Å².